The van der Waals surface area contributed by atoms with E-state index in [4.69, 9.17) is 5.73 Å². The zero-order chi connectivity index (χ0) is 15.7. The van der Waals surface area contributed by atoms with Crippen LogP contribution < -0.4 is 10.5 Å². The molecule has 0 spiro atoms. The van der Waals surface area contributed by atoms with Crippen LogP contribution in [0.5, 0.6) is 0 Å². The molecular formula is C11H17BrClN3O4S. The molecule has 0 heterocycles. The Morgan fingerprint density at radius 1 is 1.43 bits per heavy atom. The largest absolute Gasteiger partial charge is 0.324 e. The Bertz CT molecular complexity index is 644. The number of nitrogens with two attached hydrogens (primary N) is 1. The Morgan fingerprint density at radius 3 is 2.38 bits per heavy atom. The van der Waals surface area contributed by atoms with Crippen molar-refractivity contribution in [3.8, 4) is 0 Å². The van der Waals surface area contributed by atoms with Crippen LogP contribution >= 0.6 is 28.3 Å². The fraction of sp³-hybridized carbons (Fsp3) is 0.455. The molecule has 0 saturated heterocycles. The second-order valence-corrected chi connectivity index (χ2v) is 7.74. The number of benzene rings is 1. The van der Waals surface area contributed by atoms with Crippen molar-refractivity contribution in [2.45, 2.75) is 31.2 Å². The third-order valence-electron chi connectivity index (χ3n) is 2.52. The van der Waals surface area contributed by atoms with Crippen molar-refractivity contribution in [2.75, 3.05) is 6.54 Å². The summed E-state index contributed by atoms with van der Waals surface area (Å²) in [4.78, 5) is 10.1. The SMILES string of the molecule is Cc1c(Br)cc(S(=O)(=O)NCC(C)(C)N)cc1[N+](=O)[O-].Cl. The van der Waals surface area contributed by atoms with Gasteiger partial charge in [-0.05, 0) is 26.8 Å². The first-order valence-electron chi connectivity index (χ1n) is 5.67. The maximum absolute atomic E-state index is 12.1. The molecule has 0 amide bonds. The van der Waals surface area contributed by atoms with E-state index in [0.29, 0.717) is 10.0 Å². The molecule has 1 aromatic rings. The zero-order valence-corrected chi connectivity index (χ0v) is 14.9. The van der Waals surface area contributed by atoms with Gasteiger partial charge in [-0.2, -0.15) is 0 Å². The quantitative estimate of drug-likeness (QED) is 0.578. The van der Waals surface area contributed by atoms with Crippen molar-refractivity contribution in [3.63, 3.8) is 0 Å². The van der Waals surface area contributed by atoms with Gasteiger partial charge in [0.05, 0.1) is 9.82 Å². The van der Waals surface area contributed by atoms with Crippen LogP contribution in [0.25, 0.3) is 0 Å². The highest BCUT2D eigenvalue weighted by Crippen LogP contribution is 2.29. The minimum Gasteiger partial charge on any atom is -0.324 e. The third kappa shape index (κ3) is 5.51. The number of hydrogen-bond donors (Lipinski definition) is 2. The predicted molar refractivity (Wildman–Crippen MR) is 86.2 cm³/mol. The van der Waals surface area contributed by atoms with E-state index < -0.39 is 20.5 Å². The molecule has 1 rings (SSSR count). The average Bonchev–Trinajstić information content (AvgIpc) is 2.28. The van der Waals surface area contributed by atoms with Crippen LogP contribution in [0.15, 0.2) is 21.5 Å². The number of sulfonamides is 1. The van der Waals surface area contributed by atoms with Gasteiger partial charge in [0.1, 0.15) is 0 Å². The maximum atomic E-state index is 12.1. The minimum absolute atomic E-state index is 0. The third-order valence-corrected chi connectivity index (χ3v) is 4.72. The maximum Gasteiger partial charge on any atom is 0.274 e. The Balaban J connectivity index is 0.00000400. The van der Waals surface area contributed by atoms with Gasteiger partial charge < -0.3 is 5.73 Å². The molecule has 0 aliphatic carbocycles. The van der Waals surface area contributed by atoms with Crippen LogP contribution in [-0.2, 0) is 10.0 Å². The summed E-state index contributed by atoms with van der Waals surface area (Å²) in [5.74, 6) is 0. The summed E-state index contributed by atoms with van der Waals surface area (Å²) in [5, 5.41) is 10.9. The fourth-order valence-corrected chi connectivity index (χ4v) is 3.22. The van der Waals surface area contributed by atoms with Crippen molar-refractivity contribution in [2.24, 2.45) is 5.73 Å². The van der Waals surface area contributed by atoms with Gasteiger partial charge in [-0.1, -0.05) is 15.9 Å². The average molecular weight is 403 g/mol. The number of hydrogen-bond acceptors (Lipinski definition) is 5. The summed E-state index contributed by atoms with van der Waals surface area (Å²) < 4.78 is 26.9. The lowest BCUT2D eigenvalue weighted by Crippen LogP contribution is -2.45. The van der Waals surface area contributed by atoms with Crippen molar-refractivity contribution in [1.82, 2.24) is 4.72 Å². The molecule has 0 fully saturated rings. The standard InChI is InChI=1S/C11H16BrN3O4S.ClH/c1-7-9(12)4-8(5-10(7)15(16)17)20(18,19)14-6-11(2,3)13;/h4-5,14H,6,13H2,1-3H3;1H. The van der Waals surface area contributed by atoms with E-state index in [0.717, 1.165) is 6.07 Å². The molecule has 120 valence electrons. The van der Waals surface area contributed by atoms with E-state index in [1.807, 2.05) is 0 Å². The summed E-state index contributed by atoms with van der Waals surface area (Å²) in [6.07, 6.45) is 0. The topological polar surface area (TPSA) is 115 Å². The lowest BCUT2D eigenvalue weighted by molar-refractivity contribution is -0.385. The van der Waals surface area contributed by atoms with Gasteiger partial charge in [0.15, 0.2) is 0 Å². The number of halogens is 2. The molecule has 3 N–H and O–H groups in total. The molecule has 0 bridgehead atoms. The van der Waals surface area contributed by atoms with Crippen molar-refractivity contribution < 1.29 is 13.3 Å². The van der Waals surface area contributed by atoms with E-state index in [9.17, 15) is 18.5 Å². The van der Waals surface area contributed by atoms with Gasteiger partial charge >= 0.3 is 0 Å². The van der Waals surface area contributed by atoms with E-state index in [-0.39, 0.29) is 29.5 Å². The summed E-state index contributed by atoms with van der Waals surface area (Å²) >= 11 is 3.13. The number of nitrogens with one attached hydrogen (secondary N) is 1. The molecule has 1 aromatic carbocycles. The number of nitrogens with zero attached hydrogens (tertiary/aromatic N) is 1. The van der Waals surface area contributed by atoms with Crippen molar-refractivity contribution in [1.29, 1.82) is 0 Å². The molecule has 7 nitrogen and oxygen atoms in total. The summed E-state index contributed by atoms with van der Waals surface area (Å²) in [5.41, 5.74) is 5.10. The van der Waals surface area contributed by atoms with Crippen LogP contribution in [-0.4, -0.2) is 25.4 Å². The summed E-state index contributed by atoms with van der Waals surface area (Å²) in [6, 6.07) is 2.36. The molecule has 0 unspecified atom stereocenters. The second-order valence-electron chi connectivity index (χ2n) is 5.12. The van der Waals surface area contributed by atoms with Crippen LogP contribution in [0.2, 0.25) is 0 Å². The number of rotatable bonds is 5. The highest BCUT2D eigenvalue weighted by Gasteiger charge is 2.23. The second kappa shape index (κ2) is 7.01. The molecule has 0 saturated carbocycles. The fourth-order valence-electron chi connectivity index (χ4n) is 1.35. The highest BCUT2D eigenvalue weighted by molar-refractivity contribution is 9.10. The van der Waals surface area contributed by atoms with Crippen molar-refractivity contribution >= 4 is 44.0 Å². The molecular weight excluding hydrogens is 386 g/mol. The number of nitro benzene ring substituents is 1. The van der Waals surface area contributed by atoms with Gasteiger partial charge in [-0.15, -0.1) is 12.4 Å². The van der Waals surface area contributed by atoms with Crippen LogP contribution in [0.4, 0.5) is 5.69 Å². The van der Waals surface area contributed by atoms with Crippen molar-refractivity contribution in [3.05, 3.63) is 32.3 Å². The normalized spacial score (nSPS) is 11.9. The minimum atomic E-state index is -3.85. The van der Waals surface area contributed by atoms with Gasteiger partial charge in [0.2, 0.25) is 10.0 Å². The monoisotopic (exact) mass is 401 g/mol. The summed E-state index contributed by atoms with van der Waals surface area (Å²) in [6.45, 7) is 4.90. The van der Waals surface area contributed by atoms with Crippen LogP contribution in [0.3, 0.4) is 0 Å². The molecule has 0 aliphatic rings. The van der Waals surface area contributed by atoms with E-state index in [1.165, 1.54) is 13.0 Å². The lowest BCUT2D eigenvalue weighted by Gasteiger charge is -2.19. The van der Waals surface area contributed by atoms with Crippen LogP contribution in [0, 0.1) is 17.0 Å². The Kier molecular flexibility index (Phi) is 6.77. The first-order valence-corrected chi connectivity index (χ1v) is 7.95. The molecule has 0 aromatic heterocycles. The van der Waals surface area contributed by atoms with E-state index in [2.05, 4.69) is 20.7 Å². The predicted octanol–water partition coefficient (Wildman–Crippen LogP) is 2.10. The smallest absolute Gasteiger partial charge is 0.274 e. The summed E-state index contributed by atoms with van der Waals surface area (Å²) in [7, 11) is -3.85. The molecule has 0 atom stereocenters. The first kappa shape index (κ1) is 20.3. The Hall–Kier alpha value is -0.740. The van der Waals surface area contributed by atoms with E-state index in [1.54, 1.807) is 13.8 Å². The van der Waals surface area contributed by atoms with E-state index >= 15 is 0 Å². The van der Waals surface area contributed by atoms with Gasteiger partial charge in [0.25, 0.3) is 5.69 Å². The Labute approximate surface area is 138 Å². The number of nitro groups is 1. The lowest BCUT2D eigenvalue weighted by atomic mass is 10.1. The molecule has 0 aliphatic heterocycles. The zero-order valence-electron chi connectivity index (χ0n) is 11.7. The molecule has 21 heavy (non-hydrogen) atoms. The molecule has 0 radical (unpaired) electrons. The van der Waals surface area contributed by atoms with Crippen LogP contribution in [0.1, 0.15) is 19.4 Å². The van der Waals surface area contributed by atoms with Gasteiger partial charge in [-0.3, -0.25) is 10.1 Å². The first-order chi connectivity index (χ1) is 8.94. The van der Waals surface area contributed by atoms with Gasteiger partial charge in [0, 0.05) is 28.2 Å². The molecule has 10 heteroatoms. The van der Waals surface area contributed by atoms with Gasteiger partial charge in [-0.25, -0.2) is 13.1 Å². The highest BCUT2D eigenvalue weighted by atomic mass is 79.9. The Morgan fingerprint density at radius 2 is 1.95 bits per heavy atom.